The van der Waals surface area contributed by atoms with Crippen molar-refractivity contribution in [3.63, 3.8) is 0 Å². The molecule has 2 aromatic heterocycles. The molecule has 0 N–H and O–H groups in total. The molecule has 0 spiro atoms. The number of aromatic nitrogens is 3. The molecule has 2 fully saturated rings. The van der Waals surface area contributed by atoms with Gasteiger partial charge in [-0.1, -0.05) is 24.4 Å². The molecule has 1 amide bonds. The van der Waals surface area contributed by atoms with Crippen molar-refractivity contribution in [2.24, 2.45) is 0 Å². The Bertz CT molecular complexity index is 901. The van der Waals surface area contributed by atoms with Crippen molar-refractivity contribution in [1.82, 2.24) is 20.0 Å². The average Bonchev–Trinajstić information content (AvgIpc) is 3.44. The number of rotatable bonds is 6. The molecule has 0 aliphatic heterocycles. The van der Waals surface area contributed by atoms with Gasteiger partial charge < -0.3 is 18.9 Å². The second kappa shape index (κ2) is 9.66. The normalized spacial score (nSPS) is 17.6. The van der Waals surface area contributed by atoms with Crippen LogP contribution in [0.25, 0.3) is 11.6 Å². The van der Waals surface area contributed by atoms with E-state index in [0.29, 0.717) is 28.6 Å². The van der Waals surface area contributed by atoms with Gasteiger partial charge in [-0.3, -0.25) is 0 Å². The van der Waals surface area contributed by atoms with Gasteiger partial charge in [-0.15, -0.1) is 0 Å². The van der Waals surface area contributed by atoms with E-state index >= 15 is 0 Å². The Kier molecular flexibility index (Phi) is 6.73. The number of hydrogen-bond donors (Lipinski definition) is 0. The van der Waals surface area contributed by atoms with E-state index in [1.807, 2.05) is 13.8 Å². The number of carbonyl (C=O) groups excluding carboxylic acids is 1. The van der Waals surface area contributed by atoms with Crippen LogP contribution in [0.4, 0.5) is 4.79 Å². The zero-order chi connectivity index (χ0) is 21.8. The summed E-state index contributed by atoms with van der Waals surface area (Å²) in [6.07, 6.45) is 11.8. The first-order valence-corrected chi connectivity index (χ1v) is 11.4. The molecule has 0 saturated heterocycles. The van der Waals surface area contributed by atoms with Crippen molar-refractivity contribution in [2.75, 3.05) is 7.05 Å². The fourth-order valence-corrected chi connectivity index (χ4v) is 4.45. The lowest BCUT2D eigenvalue weighted by molar-refractivity contribution is 0.0917. The third-order valence-corrected chi connectivity index (χ3v) is 6.47. The Morgan fingerprint density at radius 3 is 2.52 bits per heavy atom. The molecule has 31 heavy (non-hydrogen) atoms. The van der Waals surface area contributed by atoms with Crippen LogP contribution in [-0.2, 0) is 11.3 Å². The van der Waals surface area contributed by atoms with Gasteiger partial charge in [-0.05, 0) is 52.4 Å². The molecule has 0 bridgehead atoms. The predicted molar refractivity (Wildman–Crippen MR) is 115 cm³/mol. The van der Waals surface area contributed by atoms with Crippen LogP contribution in [0, 0.1) is 13.8 Å². The highest BCUT2D eigenvalue weighted by Gasteiger charge is 2.26. The van der Waals surface area contributed by atoms with Gasteiger partial charge >= 0.3 is 6.09 Å². The lowest BCUT2D eigenvalue weighted by Gasteiger charge is -2.23. The zero-order valence-corrected chi connectivity index (χ0v) is 18.7. The van der Waals surface area contributed by atoms with Gasteiger partial charge in [0.2, 0.25) is 5.76 Å². The maximum atomic E-state index is 12.5. The Hall–Kier alpha value is -2.64. The topological polar surface area (TPSA) is 90.6 Å². The van der Waals surface area contributed by atoms with E-state index in [1.165, 1.54) is 19.3 Å². The van der Waals surface area contributed by atoms with Crippen LogP contribution in [0.15, 0.2) is 10.7 Å². The minimum atomic E-state index is -0.327. The van der Waals surface area contributed by atoms with Crippen LogP contribution in [0.2, 0.25) is 0 Å². The van der Waals surface area contributed by atoms with Gasteiger partial charge in [0.25, 0.3) is 0 Å². The summed E-state index contributed by atoms with van der Waals surface area (Å²) in [4.78, 5) is 23.2. The van der Waals surface area contributed by atoms with Crippen LogP contribution < -0.4 is 4.74 Å². The summed E-state index contributed by atoms with van der Waals surface area (Å²) in [5.41, 5.74) is 2.11. The Balaban J connectivity index is 1.44. The zero-order valence-electron chi connectivity index (χ0n) is 18.7. The molecule has 0 radical (unpaired) electrons. The van der Waals surface area contributed by atoms with Gasteiger partial charge in [-0.2, -0.15) is 0 Å². The highest BCUT2D eigenvalue weighted by molar-refractivity contribution is 5.68. The van der Waals surface area contributed by atoms with Crippen LogP contribution in [-0.4, -0.2) is 45.3 Å². The van der Waals surface area contributed by atoms with Crippen LogP contribution in [0.5, 0.6) is 5.75 Å². The summed E-state index contributed by atoms with van der Waals surface area (Å²) in [7, 11) is 1.80. The molecule has 4 rings (SSSR count). The van der Waals surface area contributed by atoms with E-state index in [9.17, 15) is 4.79 Å². The summed E-state index contributed by atoms with van der Waals surface area (Å²) in [6.45, 7) is 3.80. The van der Waals surface area contributed by atoms with Crippen molar-refractivity contribution in [3.8, 4) is 17.3 Å². The maximum Gasteiger partial charge on any atom is 0.410 e. The number of ether oxygens (including phenoxy) is 2. The molecule has 0 unspecified atom stereocenters. The Morgan fingerprint density at radius 2 is 1.81 bits per heavy atom. The number of hydrogen-bond acceptors (Lipinski definition) is 7. The molecule has 0 aromatic carbocycles. The highest BCUT2D eigenvalue weighted by atomic mass is 16.6. The second-order valence-corrected chi connectivity index (χ2v) is 8.70. The molecular formula is C23H32N4O4. The first-order chi connectivity index (χ1) is 15.0. The van der Waals surface area contributed by atoms with Gasteiger partial charge in [0.05, 0.1) is 29.3 Å². The molecular weight excluding hydrogens is 396 g/mol. The van der Waals surface area contributed by atoms with Crippen molar-refractivity contribution in [2.45, 2.75) is 90.4 Å². The molecule has 2 heterocycles. The summed E-state index contributed by atoms with van der Waals surface area (Å²) in [5.74, 6) is 1.56. The molecule has 8 nitrogen and oxygen atoms in total. The van der Waals surface area contributed by atoms with Gasteiger partial charge in [0.15, 0.2) is 11.6 Å². The summed E-state index contributed by atoms with van der Waals surface area (Å²) >= 11 is 0. The van der Waals surface area contributed by atoms with E-state index in [-0.39, 0.29) is 24.8 Å². The quantitative estimate of drug-likeness (QED) is 0.641. The fraction of sp³-hybridized carbons (Fsp3) is 0.652. The third kappa shape index (κ3) is 4.99. The van der Waals surface area contributed by atoms with E-state index < -0.39 is 0 Å². The van der Waals surface area contributed by atoms with Gasteiger partial charge in [-0.25, -0.2) is 14.8 Å². The van der Waals surface area contributed by atoms with E-state index in [1.54, 1.807) is 18.1 Å². The third-order valence-electron chi connectivity index (χ3n) is 6.47. The average molecular weight is 429 g/mol. The molecule has 2 aliphatic rings. The minimum Gasteiger partial charge on any atom is -0.487 e. The minimum absolute atomic E-state index is 0.0727. The maximum absolute atomic E-state index is 12.5. The van der Waals surface area contributed by atoms with Crippen molar-refractivity contribution in [1.29, 1.82) is 0 Å². The lowest BCUT2D eigenvalue weighted by Crippen LogP contribution is -2.35. The fourth-order valence-electron chi connectivity index (χ4n) is 4.45. The van der Waals surface area contributed by atoms with Crippen molar-refractivity contribution < 1.29 is 18.8 Å². The SMILES string of the molecule is Cc1nc(-c2onc(C)c2COC(=O)N(C)C2CCCC2)ncc1OC1CCCCC1. The first kappa shape index (κ1) is 21.6. The standard InChI is InChI=1S/C23H32N4O4/c1-15-19(14-29-23(28)27(3)17-9-7-8-10-17)21(31-26-15)22-24-13-20(16(2)25-22)30-18-11-5-4-6-12-18/h13,17-18H,4-12,14H2,1-3H3. The van der Waals surface area contributed by atoms with Crippen LogP contribution in [0.3, 0.4) is 0 Å². The molecule has 8 heteroatoms. The number of aryl methyl sites for hydroxylation is 2. The Labute approximate surface area is 183 Å². The second-order valence-electron chi connectivity index (χ2n) is 8.70. The van der Waals surface area contributed by atoms with Crippen molar-refractivity contribution in [3.05, 3.63) is 23.1 Å². The summed E-state index contributed by atoms with van der Waals surface area (Å²) < 4.78 is 17.2. The molecule has 0 atom stereocenters. The van der Waals surface area contributed by atoms with Gasteiger partial charge in [0.1, 0.15) is 6.61 Å². The summed E-state index contributed by atoms with van der Waals surface area (Å²) in [5, 5.41) is 4.05. The molecule has 2 aromatic rings. The monoisotopic (exact) mass is 428 g/mol. The van der Waals surface area contributed by atoms with Gasteiger partial charge in [0, 0.05) is 13.1 Å². The van der Waals surface area contributed by atoms with Crippen LogP contribution >= 0.6 is 0 Å². The van der Waals surface area contributed by atoms with E-state index in [4.69, 9.17) is 14.0 Å². The summed E-state index contributed by atoms with van der Waals surface area (Å²) in [6, 6.07) is 0.262. The van der Waals surface area contributed by atoms with Crippen LogP contribution in [0.1, 0.15) is 74.7 Å². The molecule has 168 valence electrons. The molecule has 2 aliphatic carbocycles. The molecule has 2 saturated carbocycles. The predicted octanol–water partition coefficient (Wildman–Crippen LogP) is 4.97. The number of carbonyl (C=O) groups is 1. The highest BCUT2D eigenvalue weighted by Crippen LogP contribution is 2.29. The first-order valence-electron chi connectivity index (χ1n) is 11.4. The van der Waals surface area contributed by atoms with E-state index in [0.717, 1.165) is 44.2 Å². The lowest BCUT2D eigenvalue weighted by atomic mass is 9.98. The Morgan fingerprint density at radius 1 is 1.10 bits per heavy atom. The number of amides is 1. The number of nitrogens with zero attached hydrogens (tertiary/aromatic N) is 4. The smallest absolute Gasteiger partial charge is 0.410 e. The largest absolute Gasteiger partial charge is 0.487 e. The van der Waals surface area contributed by atoms with E-state index in [2.05, 4.69) is 15.1 Å². The van der Waals surface area contributed by atoms with Crippen molar-refractivity contribution >= 4 is 6.09 Å².